The fourth-order valence-corrected chi connectivity index (χ4v) is 3.26. The van der Waals surface area contributed by atoms with Crippen LogP contribution in [0.4, 0.5) is 0 Å². The topological polar surface area (TPSA) is 79.8 Å². The predicted molar refractivity (Wildman–Crippen MR) is 92.1 cm³/mol. The minimum Gasteiger partial charge on any atom is -0.349 e. The van der Waals surface area contributed by atoms with Crippen LogP contribution in [0.2, 0.25) is 0 Å². The van der Waals surface area contributed by atoms with E-state index in [1.165, 1.54) is 0 Å². The number of nitrogens with zero attached hydrogens (tertiary/aromatic N) is 3. The number of rotatable bonds is 3. The van der Waals surface area contributed by atoms with E-state index in [1.54, 1.807) is 29.3 Å². The number of carbonyl (C=O) groups is 1. The first-order valence-corrected chi connectivity index (χ1v) is 8.09. The highest BCUT2D eigenvalue weighted by Gasteiger charge is 2.19. The summed E-state index contributed by atoms with van der Waals surface area (Å²) < 4.78 is 3.12. The Morgan fingerprint density at radius 2 is 1.92 bits per heavy atom. The van der Waals surface area contributed by atoms with Crippen molar-refractivity contribution in [1.82, 2.24) is 14.5 Å². The zero-order valence-corrected chi connectivity index (χ0v) is 13.9. The van der Waals surface area contributed by atoms with Crippen molar-refractivity contribution >= 4 is 23.0 Å². The van der Waals surface area contributed by atoms with Gasteiger partial charge in [0, 0.05) is 20.1 Å². The van der Waals surface area contributed by atoms with Gasteiger partial charge in [-0.3, -0.25) is 13.9 Å². The van der Waals surface area contributed by atoms with Gasteiger partial charge in [0.2, 0.25) is 0 Å². The second kappa shape index (κ2) is 6.36. The van der Waals surface area contributed by atoms with Crippen molar-refractivity contribution in [3.8, 4) is 6.07 Å². The molecule has 1 aliphatic rings. The SMILES string of the molecule is Cn1c(=O)n(C)c2cc(/C=C(/C#N)C(=O)NC3CCCC3)ccc21. The first kappa shape index (κ1) is 16.1. The minimum atomic E-state index is -0.327. The highest BCUT2D eigenvalue weighted by atomic mass is 16.2. The van der Waals surface area contributed by atoms with Gasteiger partial charge in [0.1, 0.15) is 11.6 Å². The first-order chi connectivity index (χ1) is 11.5. The van der Waals surface area contributed by atoms with E-state index in [0.717, 1.165) is 42.3 Å². The highest BCUT2D eigenvalue weighted by molar-refractivity contribution is 6.02. The lowest BCUT2D eigenvalue weighted by atomic mass is 10.1. The summed E-state index contributed by atoms with van der Waals surface area (Å²) >= 11 is 0. The molecular formula is C18H20N4O2. The Morgan fingerprint density at radius 1 is 1.25 bits per heavy atom. The maximum atomic E-state index is 12.3. The van der Waals surface area contributed by atoms with Gasteiger partial charge in [0.05, 0.1) is 11.0 Å². The van der Waals surface area contributed by atoms with Crippen LogP contribution >= 0.6 is 0 Å². The van der Waals surface area contributed by atoms with Crippen LogP contribution < -0.4 is 11.0 Å². The monoisotopic (exact) mass is 324 g/mol. The Balaban J connectivity index is 1.92. The Bertz CT molecular complexity index is 921. The van der Waals surface area contributed by atoms with E-state index >= 15 is 0 Å². The normalized spacial score (nSPS) is 15.6. The van der Waals surface area contributed by atoms with E-state index in [0.29, 0.717) is 0 Å². The van der Waals surface area contributed by atoms with Crippen molar-refractivity contribution in [3.05, 3.63) is 39.8 Å². The van der Waals surface area contributed by atoms with Gasteiger partial charge in [-0.25, -0.2) is 4.79 Å². The zero-order valence-electron chi connectivity index (χ0n) is 13.9. The maximum absolute atomic E-state index is 12.3. The number of hydrogen-bond acceptors (Lipinski definition) is 3. The molecule has 0 unspecified atom stereocenters. The molecule has 1 fully saturated rings. The summed E-state index contributed by atoms with van der Waals surface area (Å²) in [5.74, 6) is -0.327. The number of aromatic nitrogens is 2. The van der Waals surface area contributed by atoms with Gasteiger partial charge in [-0.15, -0.1) is 0 Å². The van der Waals surface area contributed by atoms with Crippen molar-refractivity contribution in [2.45, 2.75) is 31.7 Å². The minimum absolute atomic E-state index is 0.0854. The van der Waals surface area contributed by atoms with Crippen LogP contribution in [-0.2, 0) is 18.9 Å². The van der Waals surface area contributed by atoms with E-state index in [9.17, 15) is 14.9 Å². The number of benzene rings is 1. The highest BCUT2D eigenvalue weighted by Crippen LogP contribution is 2.19. The fraction of sp³-hybridized carbons (Fsp3) is 0.389. The summed E-state index contributed by atoms with van der Waals surface area (Å²) in [5.41, 5.74) is 2.29. The van der Waals surface area contributed by atoms with Gasteiger partial charge >= 0.3 is 5.69 Å². The van der Waals surface area contributed by atoms with Gasteiger partial charge in [0.15, 0.2) is 0 Å². The number of nitrogens with one attached hydrogen (secondary N) is 1. The zero-order chi connectivity index (χ0) is 17.3. The summed E-state index contributed by atoms with van der Waals surface area (Å²) in [6.07, 6.45) is 5.76. The molecule has 6 heteroatoms. The van der Waals surface area contributed by atoms with Gasteiger partial charge in [-0.05, 0) is 36.6 Å². The second-order valence-electron chi connectivity index (χ2n) is 6.27. The van der Waals surface area contributed by atoms with Gasteiger partial charge in [-0.1, -0.05) is 18.9 Å². The smallest absolute Gasteiger partial charge is 0.328 e. The summed E-state index contributed by atoms with van der Waals surface area (Å²) in [6, 6.07) is 7.60. The molecule has 1 aliphatic carbocycles. The molecule has 0 spiro atoms. The second-order valence-corrected chi connectivity index (χ2v) is 6.27. The molecule has 1 aromatic heterocycles. The van der Waals surface area contributed by atoms with Crippen LogP contribution in [-0.4, -0.2) is 21.1 Å². The molecule has 1 aromatic carbocycles. The van der Waals surface area contributed by atoms with E-state index in [4.69, 9.17) is 0 Å². The molecule has 1 amide bonds. The predicted octanol–water partition coefficient (Wildman–Crippen LogP) is 1.84. The van der Waals surface area contributed by atoms with E-state index in [2.05, 4.69) is 5.32 Å². The van der Waals surface area contributed by atoms with Crippen LogP contribution in [0, 0.1) is 11.3 Å². The molecule has 0 atom stereocenters. The molecule has 24 heavy (non-hydrogen) atoms. The van der Waals surface area contributed by atoms with Crippen LogP contribution in [0.1, 0.15) is 31.2 Å². The molecule has 6 nitrogen and oxygen atoms in total. The van der Waals surface area contributed by atoms with Crippen molar-refractivity contribution in [3.63, 3.8) is 0 Å². The third-order valence-electron chi connectivity index (χ3n) is 4.66. The number of carbonyl (C=O) groups excluding carboxylic acids is 1. The summed E-state index contributed by atoms with van der Waals surface area (Å²) in [6.45, 7) is 0. The molecule has 2 aromatic rings. The molecule has 1 heterocycles. The van der Waals surface area contributed by atoms with E-state index < -0.39 is 0 Å². The lowest BCUT2D eigenvalue weighted by Crippen LogP contribution is -2.33. The number of aryl methyl sites for hydroxylation is 2. The summed E-state index contributed by atoms with van der Waals surface area (Å²) in [4.78, 5) is 24.2. The van der Waals surface area contributed by atoms with E-state index in [-0.39, 0.29) is 23.2 Å². The van der Waals surface area contributed by atoms with Crippen LogP contribution in [0.5, 0.6) is 0 Å². The van der Waals surface area contributed by atoms with Crippen molar-refractivity contribution in [1.29, 1.82) is 5.26 Å². The van der Waals surface area contributed by atoms with Crippen molar-refractivity contribution in [2.75, 3.05) is 0 Å². The van der Waals surface area contributed by atoms with Gasteiger partial charge in [-0.2, -0.15) is 5.26 Å². The van der Waals surface area contributed by atoms with Crippen LogP contribution in [0.15, 0.2) is 28.6 Å². The largest absolute Gasteiger partial charge is 0.349 e. The number of hydrogen-bond donors (Lipinski definition) is 1. The van der Waals surface area contributed by atoms with Crippen LogP contribution in [0.25, 0.3) is 17.1 Å². The standard InChI is InChI=1S/C18H20N4O2/c1-21-15-8-7-12(10-16(15)22(2)18(21)24)9-13(11-19)17(23)20-14-5-3-4-6-14/h7-10,14H,3-6H2,1-2H3,(H,20,23)/b13-9-. The molecular weight excluding hydrogens is 304 g/mol. The maximum Gasteiger partial charge on any atom is 0.328 e. The number of amides is 1. The van der Waals surface area contributed by atoms with Crippen LogP contribution in [0.3, 0.4) is 0 Å². The third-order valence-corrected chi connectivity index (χ3v) is 4.66. The molecule has 124 valence electrons. The molecule has 1 N–H and O–H groups in total. The number of imidazole rings is 1. The Labute approximate surface area is 140 Å². The Hall–Kier alpha value is -2.81. The van der Waals surface area contributed by atoms with Crippen molar-refractivity contribution in [2.24, 2.45) is 14.1 Å². The molecule has 0 saturated heterocycles. The van der Waals surface area contributed by atoms with E-state index in [1.807, 2.05) is 24.3 Å². The van der Waals surface area contributed by atoms with Gasteiger partial charge in [0.25, 0.3) is 5.91 Å². The molecule has 0 aliphatic heterocycles. The summed E-state index contributed by atoms with van der Waals surface area (Å²) in [5, 5.41) is 12.2. The molecule has 0 radical (unpaired) electrons. The average Bonchev–Trinajstić information content (AvgIpc) is 3.16. The number of fused-ring (bicyclic) bond motifs is 1. The first-order valence-electron chi connectivity index (χ1n) is 8.09. The Kier molecular flexibility index (Phi) is 4.26. The fourth-order valence-electron chi connectivity index (χ4n) is 3.26. The lowest BCUT2D eigenvalue weighted by Gasteiger charge is -2.11. The number of nitriles is 1. The molecule has 0 bridgehead atoms. The Morgan fingerprint density at radius 3 is 2.58 bits per heavy atom. The average molecular weight is 324 g/mol. The van der Waals surface area contributed by atoms with Crippen molar-refractivity contribution < 1.29 is 4.79 Å². The quantitative estimate of drug-likeness (QED) is 0.691. The molecule has 3 rings (SSSR count). The summed E-state index contributed by atoms with van der Waals surface area (Å²) in [7, 11) is 3.42. The third kappa shape index (κ3) is 2.85. The molecule has 1 saturated carbocycles. The van der Waals surface area contributed by atoms with Gasteiger partial charge < -0.3 is 5.32 Å². The lowest BCUT2D eigenvalue weighted by molar-refractivity contribution is -0.117.